The van der Waals surface area contributed by atoms with E-state index in [1.807, 2.05) is 24.3 Å². The van der Waals surface area contributed by atoms with E-state index in [9.17, 15) is 4.79 Å². The van der Waals surface area contributed by atoms with Crippen molar-refractivity contribution < 1.29 is 4.79 Å². The molecule has 3 rings (SSSR count). The van der Waals surface area contributed by atoms with Crippen LogP contribution < -0.4 is 11.1 Å². The molecule has 5 heteroatoms. The van der Waals surface area contributed by atoms with E-state index in [4.69, 9.17) is 5.73 Å². The Labute approximate surface area is 151 Å². The summed E-state index contributed by atoms with van der Waals surface area (Å²) >= 11 is 0. The van der Waals surface area contributed by atoms with E-state index < -0.39 is 0 Å². The number of hydrogen-bond acceptors (Lipinski definition) is 3. The maximum Gasteiger partial charge on any atom is 0.251 e. The van der Waals surface area contributed by atoms with E-state index in [1.54, 1.807) is 0 Å². The molecule has 0 unspecified atom stereocenters. The first kappa shape index (κ1) is 19.2. The molecule has 1 aromatic carbocycles. The fourth-order valence-electron chi connectivity index (χ4n) is 3.92. The number of rotatable bonds is 4. The van der Waals surface area contributed by atoms with Crippen molar-refractivity contribution in [1.82, 2.24) is 10.2 Å². The number of carbonyl (C=O) groups excluding carboxylic acids is 1. The Bertz CT molecular complexity index is 506. The molecule has 4 nitrogen and oxygen atoms in total. The van der Waals surface area contributed by atoms with Crippen LogP contribution in [0, 0.1) is 0 Å². The molecule has 0 bridgehead atoms. The molecule has 2 aliphatic rings. The standard InChI is InChI=1S/C19H29N3O.ClH/c20-14-15-6-8-16(9-7-15)19(23)21-17-10-12-22(13-11-17)18-4-2-1-3-5-18;/h6-9,17-18H,1-5,10-14,20H2,(H,21,23);1H. The fourth-order valence-corrected chi connectivity index (χ4v) is 3.92. The van der Waals surface area contributed by atoms with Gasteiger partial charge in [-0.1, -0.05) is 31.4 Å². The molecular weight excluding hydrogens is 322 g/mol. The van der Waals surface area contributed by atoms with Crippen LogP contribution in [0.3, 0.4) is 0 Å². The maximum atomic E-state index is 12.3. The first-order chi connectivity index (χ1) is 11.3. The average molecular weight is 352 g/mol. The lowest BCUT2D eigenvalue weighted by atomic mass is 9.92. The summed E-state index contributed by atoms with van der Waals surface area (Å²) in [5, 5.41) is 3.20. The number of nitrogens with two attached hydrogens (primary N) is 1. The predicted octanol–water partition coefficient (Wildman–Crippen LogP) is 3.09. The molecule has 1 aliphatic heterocycles. The highest BCUT2D eigenvalue weighted by molar-refractivity contribution is 5.94. The Morgan fingerprint density at radius 1 is 1.04 bits per heavy atom. The summed E-state index contributed by atoms with van der Waals surface area (Å²) in [4.78, 5) is 15.0. The average Bonchev–Trinajstić information content (AvgIpc) is 2.63. The summed E-state index contributed by atoms with van der Waals surface area (Å²) in [5.74, 6) is 0.0460. The van der Waals surface area contributed by atoms with Gasteiger partial charge in [-0.25, -0.2) is 0 Å². The zero-order valence-electron chi connectivity index (χ0n) is 14.4. The third-order valence-electron chi connectivity index (χ3n) is 5.41. The Morgan fingerprint density at radius 3 is 2.25 bits per heavy atom. The number of piperidine rings is 1. The second kappa shape index (κ2) is 9.40. The number of likely N-dealkylation sites (tertiary alicyclic amines) is 1. The van der Waals surface area contributed by atoms with Crippen LogP contribution in [0.5, 0.6) is 0 Å². The minimum absolute atomic E-state index is 0. The minimum Gasteiger partial charge on any atom is -0.349 e. The molecule has 1 amide bonds. The highest BCUT2D eigenvalue weighted by atomic mass is 35.5. The summed E-state index contributed by atoms with van der Waals surface area (Å²) in [5.41, 5.74) is 7.39. The van der Waals surface area contributed by atoms with Crippen molar-refractivity contribution in [2.24, 2.45) is 5.73 Å². The molecular formula is C19H30ClN3O. The van der Waals surface area contributed by atoms with E-state index in [0.29, 0.717) is 12.6 Å². The number of nitrogens with one attached hydrogen (secondary N) is 1. The molecule has 1 aromatic rings. The number of hydrogen-bond donors (Lipinski definition) is 2. The molecule has 134 valence electrons. The molecule has 3 N–H and O–H groups in total. The largest absolute Gasteiger partial charge is 0.349 e. The van der Waals surface area contributed by atoms with Gasteiger partial charge in [0.1, 0.15) is 0 Å². The van der Waals surface area contributed by atoms with Crippen molar-refractivity contribution >= 4 is 18.3 Å². The maximum absolute atomic E-state index is 12.3. The topological polar surface area (TPSA) is 58.4 Å². The highest BCUT2D eigenvalue weighted by Gasteiger charge is 2.26. The second-order valence-electron chi connectivity index (χ2n) is 6.98. The van der Waals surface area contributed by atoms with Crippen molar-refractivity contribution in [2.75, 3.05) is 13.1 Å². The third-order valence-corrected chi connectivity index (χ3v) is 5.41. The van der Waals surface area contributed by atoms with Gasteiger partial charge in [-0.3, -0.25) is 4.79 Å². The molecule has 1 saturated heterocycles. The number of halogens is 1. The molecule has 1 aliphatic carbocycles. The molecule has 2 fully saturated rings. The van der Waals surface area contributed by atoms with Gasteiger partial charge in [0.15, 0.2) is 0 Å². The van der Waals surface area contributed by atoms with Gasteiger partial charge in [-0.2, -0.15) is 0 Å². The lowest BCUT2D eigenvalue weighted by Crippen LogP contribution is -2.48. The van der Waals surface area contributed by atoms with Crippen LogP contribution in [-0.2, 0) is 6.54 Å². The van der Waals surface area contributed by atoms with Crippen LogP contribution in [-0.4, -0.2) is 36.0 Å². The van der Waals surface area contributed by atoms with Crippen molar-refractivity contribution in [3.8, 4) is 0 Å². The summed E-state index contributed by atoms with van der Waals surface area (Å²) < 4.78 is 0. The first-order valence-corrected chi connectivity index (χ1v) is 9.10. The van der Waals surface area contributed by atoms with E-state index in [2.05, 4.69) is 10.2 Å². The zero-order valence-corrected chi connectivity index (χ0v) is 15.2. The summed E-state index contributed by atoms with van der Waals surface area (Å²) in [7, 11) is 0. The molecule has 0 spiro atoms. The normalized spacial score (nSPS) is 20.4. The van der Waals surface area contributed by atoms with Gasteiger partial charge < -0.3 is 16.0 Å². The van der Waals surface area contributed by atoms with Crippen molar-refractivity contribution in [2.45, 2.75) is 63.6 Å². The van der Waals surface area contributed by atoms with Gasteiger partial charge in [0.25, 0.3) is 5.91 Å². The van der Waals surface area contributed by atoms with Crippen LogP contribution in [0.4, 0.5) is 0 Å². The molecule has 0 radical (unpaired) electrons. The molecule has 0 atom stereocenters. The summed E-state index contributed by atoms with van der Waals surface area (Å²) in [6, 6.07) is 8.71. The molecule has 24 heavy (non-hydrogen) atoms. The van der Waals surface area contributed by atoms with Gasteiger partial charge in [-0.05, 0) is 43.4 Å². The molecule has 1 saturated carbocycles. The zero-order chi connectivity index (χ0) is 16.1. The predicted molar refractivity (Wildman–Crippen MR) is 101 cm³/mol. The third kappa shape index (κ3) is 4.95. The minimum atomic E-state index is 0. The van der Waals surface area contributed by atoms with Crippen molar-refractivity contribution in [1.29, 1.82) is 0 Å². The van der Waals surface area contributed by atoms with Crippen LogP contribution in [0.15, 0.2) is 24.3 Å². The van der Waals surface area contributed by atoms with Crippen LogP contribution in [0.2, 0.25) is 0 Å². The van der Waals surface area contributed by atoms with Crippen molar-refractivity contribution in [3.05, 3.63) is 35.4 Å². The highest BCUT2D eigenvalue weighted by Crippen LogP contribution is 2.25. The number of nitrogens with zero attached hydrogens (tertiary/aromatic N) is 1. The summed E-state index contributed by atoms with van der Waals surface area (Å²) in [6.45, 7) is 2.77. The fraction of sp³-hybridized carbons (Fsp3) is 0.632. The van der Waals surface area contributed by atoms with E-state index in [-0.39, 0.29) is 18.3 Å². The Balaban J connectivity index is 0.00000208. The quantitative estimate of drug-likeness (QED) is 0.876. The van der Waals surface area contributed by atoms with Crippen molar-refractivity contribution in [3.63, 3.8) is 0 Å². The van der Waals surface area contributed by atoms with Crippen LogP contribution in [0.1, 0.15) is 60.9 Å². The second-order valence-corrected chi connectivity index (χ2v) is 6.98. The lowest BCUT2D eigenvalue weighted by molar-refractivity contribution is 0.0865. The van der Waals surface area contributed by atoms with Crippen LogP contribution in [0.25, 0.3) is 0 Å². The SMILES string of the molecule is Cl.NCc1ccc(C(=O)NC2CCN(C3CCCCC3)CC2)cc1. The number of benzene rings is 1. The van der Waals surface area contributed by atoms with Gasteiger partial charge in [0.05, 0.1) is 0 Å². The Hall–Kier alpha value is -1.10. The first-order valence-electron chi connectivity index (χ1n) is 9.10. The molecule has 0 aromatic heterocycles. The van der Waals surface area contributed by atoms with Gasteiger partial charge in [-0.15, -0.1) is 12.4 Å². The van der Waals surface area contributed by atoms with E-state index in [0.717, 1.165) is 43.1 Å². The van der Waals surface area contributed by atoms with Gasteiger partial charge >= 0.3 is 0 Å². The smallest absolute Gasteiger partial charge is 0.251 e. The Morgan fingerprint density at radius 2 is 1.67 bits per heavy atom. The molecule has 1 heterocycles. The van der Waals surface area contributed by atoms with Gasteiger partial charge in [0, 0.05) is 37.3 Å². The number of amides is 1. The number of carbonyl (C=O) groups is 1. The lowest BCUT2D eigenvalue weighted by Gasteiger charge is -2.39. The van der Waals surface area contributed by atoms with E-state index in [1.165, 1.54) is 32.1 Å². The Kier molecular flexibility index (Phi) is 7.53. The van der Waals surface area contributed by atoms with Gasteiger partial charge in [0.2, 0.25) is 0 Å². The van der Waals surface area contributed by atoms with Crippen LogP contribution >= 0.6 is 12.4 Å². The summed E-state index contributed by atoms with van der Waals surface area (Å²) in [6.07, 6.45) is 9.06. The monoisotopic (exact) mass is 351 g/mol. The van der Waals surface area contributed by atoms with E-state index >= 15 is 0 Å².